The number of aliphatic hydroxyl groups is 1. The molecule has 1 aliphatic heterocycles. The molecule has 1 aromatic carbocycles. The summed E-state index contributed by atoms with van der Waals surface area (Å²) in [5.74, 6) is -0.0650. The molecule has 0 radical (unpaired) electrons. The molecule has 2 rings (SSSR count). The summed E-state index contributed by atoms with van der Waals surface area (Å²) in [6, 6.07) is 8.07. The topological polar surface area (TPSA) is 58.6 Å². The Labute approximate surface area is 132 Å². The number of rotatable bonds is 6. The van der Waals surface area contributed by atoms with Crippen molar-refractivity contribution in [2.24, 2.45) is 5.41 Å². The molecule has 1 fully saturated rings. The average Bonchev–Trinajstić information content (AvgIpc) is 2.96. The van der Waals surface area contributed by atoms with Crippen LogP contribution < -0.4 is 5.32 Å². The van der Waals surface area contributed by atoms with Crippen molar-refractivity contribution in [2.75, 3.05) is 26.4 Å². The summed E-state index contributed by atoms with van der Waals surface area (Å²) in [6.45, 7) is 5.84. The smallest absolute Gasteiger partial charge is 0.246 e. The van der Waals surface area contributed by atoms with E-state index in [4.69, 9.17) is 4.74 Å². The Hall–Kier alpha value is -1.65. The number of hydrogen-bond acceptors (Lipinski definition) is 3. The molecule has 22 heavy (non-hydrogen) atoms. The highest BCUT2D eigenvalue weighted by atomic mass is 16.5. The van der Waals surface area contributed by atoms with Crippen molar-refractivity contribution in [3.8, 4) is 0 Å². The average molecular weight is 303 g/mol. The van der Waals surface area contributed by atoms with Gasteiger partial charge in [0.1, 0.15) is 0 Å². The van der Waals surface area contributed by atoms with Crippen molar-refractivity contribution in [3.05, 3.63) is 41.0 Å². The van der Waals surface area contributed by atoms with E-state index in [1.807, 2.05) is 44.2 Å². The Morgan fingerprint density at radius 1 is 1.41 bits per heavy atom. The van der Waals surface area contributed by atoms with Gasteiger partial charge in [-0.3, -0.25) is 4.79 Å². The summed E-state index contributed by atoms with van der Waals surface area (Å²) in [6.07, 6.45) is 3.43. The Bertz CT molecular complexity index is 528. The van der Waals surface area contributed by atoms with E-state index in [1.165, 1.54) is 5.56 Å². The third-order valence-electron chi connectivity index (χ3n) is 4.27. The van der Waals surface area contributed by atoms with Crippen LogP contribution in [0.25, 0.3) is 6.08 Å². The second-order valence-corrected chi connectivity index (χ2v) is 6.20. The highest BCUT2D eigenvalue weighted by Gasteiger charge is 2.34. The quantitative estimate of drug-likeness (QED) is 0.793. The van der Waals surface area contributed by atoms with Gasteiger partial charge in [-0.15, -0.1) is 0 Å². The van der Waals surface area contributed by atoms with Gasteiger partial charge in [0.15, 0.2) is 0 Å². The largest absolute Gasteiger partial charge is 0.396 e. The van der Waals surface area contributed by atoms with Crippen molar-refractivity contribution in [3.63, 3.8) is 0 Å². The molecule has 2 N–H and O–H groups in total. The van der Waals surface area contributed by atoms with Crippen molar-refractivity contribution in [1.82, 2.24) is 5.32 Å². The molecule has 1 atom stereocenters. The Morgan fingerprint density at radius 2 is 2.14 bits per heavy atom. The molecule has 1 heterocycles. The lowest BCUT2D eigenvalue weighted by Gasteiger charge is -2.26. The fraction of sp³-hybridized carbons (Fsp3) is 0.500. The van der Waals surface area contributed by atoms with E-state index < -0.39 is 0 Å². The minimum atomic E-state index is -0.117. The van der Waals surface area contributed by atoms with Gasteiger partial charge in [-0.05, 0) is 38.3 Å². The van der Waals surface area contributed by atoms with Gasteiger partial charge in [0.25, 0.3) is 0 Å². The Kier molecular flexibility index (Phi) is 5.75. The van der Waals surface area contributed by atoms with Crippen LogP contribution in [0, 0.1) is 12.3 Å². The molecule has 1 aromatic rings. The van der Waals surface area contributed by atoms with Gasteiger partial charge in [0.2, 0.25) is 5.91 Å². The maximum Gasteiger partial charge on any atom is 0.246 e. The SMILES string of the molecule is C/C(=C/c1ccc(C)cc1)C(=O)NCC1(CCO)CCOC1. The van der Waals surface area contributed by atoms with Gasteiger partial charge in [0, 0.05) is 30.7 Å². The fourth-order valence-electron chi connectivity index (χ4n) is 2.70. The number of hydrogen-bond donors (Lipinski definition) is 2. The number of benzene rings is 1. The zero-order valence-electron chi connectivity index (χ0n) is 13.4. The summed E-state index contributed by atoms with van der Waals surface area (Å²) in [5, 5.41) is 12.2. The highest BCUT2D eigenvalue weighted by molar-refractivity contribution is 5.97. The van der Waals surface area contributed by atoms with Crippen LogP contribution in [0.1, 0.15) is 30.9 Å². The first-order valence-corrected chi connectivity index (χ1v) is 7.76. The van der Waals surface area contributed by atoms with Crippen molar-refractivity contribution >= 4 is 12.0 Å². The molecule has 1 aliphatic rings. The van der Waals surface area contributed by atoms with Gasteiger partial charge >= 0.3 is 0 Å². The monoisotopic (exact) mass is 303 g/mol. The van der Waals surface area contributed by atoms with Crippen LogP contribution in [0.5, 0.6) is 0 Å². The van der Waals surface area contributed by atoms with Crippen LogP contribution in [0.4, 0.5) is 0 Å². The van der Waals surface area contributed by atoms with E-state index in [2.05, 4.69) is 5.32 Å². The molecule has 1 amide bonds. The van der Waals surface area contributed by atoms with Crippen LogP contribution in [-0.2, 0) is 9.53 Å². The highest BCUT2D eigenvalue weighted by Crippen LogP contribution is 2.31. The standard InChI is InChI=1S/C18H25NO3/c1-14-3-5-16(6-4-14)11-15(2)17(21)19-12-18(7-9-20)8-10-22-13-18/h3-6,11,20H,7-10,12-13H2,1-2H3,(H,19,21)/b15-11-. The van der Waals surface area contributed by atoms with Crippen molar-refractivity contribution in [1.29, 1.82) is 0 Å². The summed E-state index contributed by atoms with van der Waals surface area (Å²) < 4.78 is 5.44. The molecule has 0 aromatic heterocycles. The number of amides is 1. The van der Waals surface area contributed by atoms with Crippen molar-refractivity contribution in [2.45, 2.75) is 26.7 Å². The molecule has 0 spiro atoms. The lowest BCUT2D eigenvalue weighted by atomic mass is 9.84. The summed E-state index contributed by atoms with van der Waals surface area (Å²) in [7, 11) is 0. The van der Waals surface area contributed by atoms with Crippen LogP contribution in [0.3, 0.4) is 0 Å². The van der Waals surface area contributed by atoms with E-state index in [1.54, 1.807) is 0 Å². The normalized spacial score (nSPS) is 21.9. The number of aryl methyl sites for hydroxylation is 1. The molecular weight excluding hydrogens is 278 g/mol. The van der Waals surface area contributed by atoms with Crippen LogP contribution in [0.15, 0.2) is 29.8 Å². The van der Waals surface area contributed by atoms with E-state index in [-0.39, 0.29) is 17.9 Å². The number of aliphatic hydroxyl groups excluding tert-OH is 1. The van der Waals surface area contributed by atoms with E-state index in [0.717, 1.165) is 12.0 Å². The van der Waals surface area contributed by atoms with Crippen molar-refractivity contribution < 1.29 is 14.6 Å². The van der Waals surface area contributed by atoms with Crippen LogP contribution in [0.2, 0.25) is 0 Å². The molecule has 1 saturated heterocycles. The Balaban J connectivity index is 1.94. The molecule has 0 saturated carbocycles. The summed E-state index contributed by atoms with van der Waals surface area (Å²) in [5.41, 5.74) is 2.79. The number of carbonyl (C=O) groups excluding carboxylic acids is 1. The van der Waals surface area contributed by atoms with Gasteiger partial charge in [-0.1, -0.05) is 29.8 Å². The van der Waals surface area contributed by atoms with Gasteiger partial charge in [0.05, 0.1) is 6.61 Å². The minimum absolute atomic E-state index is 0.0650. The summed E-state index contributed by atoms with van der Waals surface area (Å²) in [4.78, 5) is 12.2. The van der Waals surface area contributed by atoms with Gasteiger partial charge in [-0.25, -0.2) is 0 Å². The lowest BCUT2D eigenvalue weighted by molar-refractivity contribution is -0.118. The fourth-order valence-corrected chi connectivity index (χ4v) is 2.70. The molecule has 4 heteroatoms. The molecule has 0 bridgehead atoms. The number of carbonyl (C=O) groups is 1. The second-order valence-electron chi connectivity index (χ2n) is 6.20. The first kappa shape index (κ1) is 16.7. The predicted molar refractivity (Wildman–Crippen MR) is 87.4 cm³/mol. The van der Waals surface area contributed by atoms with Crippen LogP contribution >= 0.6 is 0 Å². The van der Waals surface area contributed by atoms with Crippen LogP contribution in [-0.4, -0.2) is 37.4 Å². The van der Waals surface area contributed by atoms with Gasteiger partial charge in [-0.2, -0.15) is 0 Å². The first-order chi connectivity index (χ1) is 10.5. The zero-order chi connectivity index (χ0) is 16.0. The molecular formula is C18H25NO3. The maximum atomic E-state index is 12.2. The summed E-state index contributed by atoms with van der Waals surface area (Å²) >= 11 is 0. The molecule has 4 nitrogen and oxygen atoms in total. The van der Waals surface area contributed by atoms with E-state index in [9.17, 15) is 9.90 Å². The third kappa shape index (κ3) is 4.42. The maximum absolute atomic E-state index is 12.2. The third-order valence-corrected chi connectivity index (χ3v) is 4.27. The number of ether oxygens (including phenoxy) is 1. The predicted octanol–water partition coefficient (Wildman–Crippen LogP) is 2.30. The molecule has 1 unspecified atom stereocenters. The second kappa shape index (κ2) is 7.56. The molecule has 120 valence electrons. The minimum Gasteiger partial charge on any atom is -0.396 e. The number of nitrogens with one attached hydrogen (secondary N) is 1. The first-order valence-electron chi connectivity index (χ1n) is 7.76. The van der Waals surface area contributed by atoms with Gasteiger partial charge < -0.3 is 15.2 Å². The van der Waals surface area contributed by atoms with E-state index in [0.29, 0.717) is 31.8 Å². The lowest BCUT2D eigenvalue weighted by Crippen LogP contribution is -2.39. The Morgan fingerprint density at radius 3 is 2.73 bits per heavy atom. The zero-order valence-corrected chi connectivity index (χ0v) is 13.4. The van der Waals surface area contributed by atoms with E-state index >= 15 is 0 Å². The molecule has 0 aliphatic carbocycles.